The minimum atomic E-state index is -0.557. The molecule has 1 fully saturated rings. The number of rotatable bonds is 6. The van der Waals surface area contributed by atoms with Gasteiger partial charge in [-0.2, -0.15) is 0 Å². The van der Waals surface area contributed by atoms with Gasteiger partial charge in [-0.3, -0.25) is 14.9 Å². The average molecular weight is 384 g/mol. The summed E-state index contributed by atoms with van der Waals surface area (Å²) < 4.78 is 5.12. The summed E-state index contributed by atoms with van der Waals surface area (Å²) in [6.45, 7) is 0.880. The lowest BCUT2D eigenvalue weighted by Crippen LogP contribution is -2.39. The summed E-state index contributed by atoms with van der Waals surface area (Å²) in [7, 11) is 1.40. The number of nitro groups is 1. The van der Waals surface area contributed by atoms with Crippen molar-refractivity contribution in [2.75, 3.05) is 19.0 Å². The molecule has 0 saturated carbocycles. The molecule has 1 heterocycles. The number of likely N-dealkylation sites (tertiary alicyclic amines) is 1. The molecule has 9 heteroatoms. The number of ether oxygens (including phenoxy) is 1. The van der Waals surface area contributed by atoms with Crippen LogP contribution in [0.2, 0.25) is 0 Å². The Morgan fingerprint density at radius 2 is 2.04 bits per heavy atom. The lowest BCUT2D eigenvalue weighted by atomic mass is 10.2. The predicted molar refractivity (Wildman–Crippen MR) is 102 cm³/mol. The first kappa shape index (κ1) is 19.2. The predicted octanol–water partition coefficient (Wildman–Crippen LogP) is 2.53. The maximum Gasteiger partial charge on any atom is 0.319 e. The third-order valence-electron chi connectivity index (χ3n) is 4.41. The fourth-order valence-corrected chi connectivity index (χ4v) is 3.08. The van der Waals surface area contributed by atoms with Gasteiger partial charge in [-0.05, 0) is 11.6 Å². The molecule has 1 unspecified atom stereocenters. The molecule has 2 N–H and O–H groups in total. The van der Waals surface area contributed by atoms with E-state index in [0.29, 0.717) is 18.8 Å². The van der Waals surface area contributed by atoms with Crippen LogP contribution < -0.4 is 15.4 Å². The van der Waals surface area contributed by atoms with Gasteiger partial charge in [0.2, 0.25) is 5.91 Å². The van der Waals surface area contributed by atoms with Gasteiger partial charge in [0.15, 0.2) is 0 Å². The van der Waals surface area contributed by atoms with Gasteiger partial charge >= 0.3 is 6.03 Å². The zero-order valence-electron chi connectivity index (χ0n) is 15.3. The van der Waals surface area contributed by atoms with E-state index in [1.54, 1.807) is 4.90 Å². The van der Waals surface area contributed by atoms with Crippen molar-refractivity contribution >= 4 is 23.3 Å². The Morgan fingerprint density at radius 3 is 2.71 bits per heavy atom. The Hall–Kier alpha value is -3.62. The van der Waals surface area contributed by atoms with Crippen LogP contribution in [0.25, 0.3) is 0 Å². The number of anilines is 1. The zero-order chi connectivity index (χ0) is 20.1. The second-order valence-corrected chi connectivity index (χ2v) is 6.40. The standard InChI is InChI=1S/C19H20N4O5/c1-28-17-8-7-15(23(26)27)10-16(17)21-19(25)20-14-9-18(24)22(12-14)11-13-5-3-2-4-6-13/h2-8,10,14H,9,11-12H2,1H3,(H2,20,21,25). The van der Waals surface area contributed by atoms with E-state index in [2.05, 4.69) is 10.6 Å². The number of hydrogen-bond acceptors (Lipinski definition) is 5. The minimum absolute atomic E-state index is 0.0397. The molecule has 146 valence electrons. The Kier molecular flexibility index (Phi) is 5.73. The highest BCUT2D eigenvalue weighted by molar-refractivity contribution is 5.92. The summed E-state index contributed by atoms with van der Waals surface area (Å²) in [5.41, 5.74) is 1.03. The number of hydrogen-bond donors (Lipinski definition) is 2. The molecule has 2 aromatic rings. The molecule has 3 amide bonds. The zero-order valence-corrected chi connectivity index (χ0v) is 15.3. The molecule has 1 aliphatic heterocycles. The minimum Gasteiger partial charge on any atom is -0.495 e. The molecule has 0 radical (unpaired) electrons. The number of methoxy groups -OCH3 is 1. The number of carbonyl (C=O) groups is 2. The lowest BCUT2D eigenvalue weighted by Gasteiger charge is -2.17. The summed E-state index contributed by atoms with van der Waals surface area (Å²) in [5, 5.41) is 16.2. The summed E-state index contributed by atoms with van der Waals surface area (Å²) in [5.74, 6) is 0.260. The highest BCUT2D eigenvalue weighted by Gasteiger charge is 2.30. The van der Waals surface area contributed by atoms with Gasteiger partial charge in [-0.25, -0.2) is 4.79 Å². The molecule has 28 heavy (non-hydrogen) atoms. The molecule has 1 saturated heterocycles. The Bertz CT molecular complexity index is 887. The third-order valence-corrected chi connectivity index (χ3v) is 4.41. The Balaban J connectivity index is 1.60. The number of nitrogens with zero attached hydrogens (tertiary/aromatic N) is 2. The fraction of sp³-hybridized carbons (Fsp3) is 0.263. The summed E-state index contributed by atoms with van der Waals surface area (Å²) in [4.78, 5) is 36.6. The van der Waals surface area contributed by atoms with Gasteiger partial charge in [0.25, 0.3) is 5.69 Å². The van der Waals surface area contributed by atoms with Gasteiger partial charge in [0.05, 0.1) is 23.8 Å². The summed E-state index contributed by atoms with van der Waals surface area (Å²) >= 11 is 0. The maximum atomic E-state index is 12.3. The first-order valence-corrected chi connectivity index (χ1v) is 8.68. The first-order valence-electron chi connectivity index (χ1n) is 8.68. The van der Waals surface area contributed by atoms with E-state index in [1.165, 1.54) is 25.3 Å². The maximum absolute atomic E-state index is 12.3. The number of non-ortho nitro benzene ring substituents is 1. The molecular weight excluding hydrogens is 364 g/mol. The first-order chi connectivity index (χ1) is 13.5. The molecular formula is C19H20N4O5. The van der Waals surface area contributed by atoms with Crippen LogP contribution in [0.4, 0.5) is 16.2 Å². The Morgan fingerprint density at radius 1 is 1.29 bits per heavy atom. The van der Waals surface area contributed by atoms with Crippen LogP contribution in [0, 0.1) is 10.1 Å². The second-order valence-electron chi connectivity index (χ2n) is 6.40. The van der Waals surface area contributed by atoms with Gasteiger partial charge in [-0.1, -0.05) is 30.3 Å². The molecule has 0 aromatic heterocycles. The largest absolute Gasteiger partial charge is 0.495 e. The topological polar surface area (TPSA) is 114 Å². The van der Waals surface area contributed by atoms with E-state index in [1.807, 2.05) is 30.3 Å². The molecule has 9 nitrogen and oxygen atoms in total. The molecule has 0 bridgehead atoms. The van der Waals surface area contributed by atoms with E-state index in [4.69, 9.17) is 4.74 Å². The van der Waals surface area contributed by atoms with Crippen LogP contribution >= 0.6 is 0 Å². The Labute approximate surface area is 161 Å². The van der Waals surface area contributed by atoms with E-state index in [9.17, 15) is 19.7 Å². The molecule has 1 aliphatic rings. The second kappa shape index (κ2) is 8.38. The number of carbonyl (C=O) groups excluding carboxylic acids is 2. The van der Waals surface area contributed by atoms with Crippen molar-refractivity contribution in [1.82, 2.24) is 10.2 Å². The average Bonchev–Trinajstić information content (AvgIpc) is 3.01. The SMILES string of the molecule is COc1ccc([N+](=O)[O-])cc1NC(=O)NC1CC(=O)N(Cc2ccccc2)C1. The highest BCUT2D eigenvalue weighted by Crippen LogP contribution is 2.28. The molecule has 2 aromatic carbocycles. The summed E-state index contributed by atoms with van der Waals surface area (Å²) in [6, 6.07) is 12.6. The number of nitro benzene ring substituents is 1. The van der Waals surface area contributed by atoms with E-state index in [0.717, 1.165) is 5.56 Å². The van der Waals surface area contributed by atoms with Crippen molar-refractivity contribution < 1.29 is 19.2 Å². The van der Waals surface area contributed by atoms with Crippen LogP contribution in [0.15, 0.2) is 48.5 Å². The summed E-state index contributed by atoms with van der Waals surface area (Å²) in [6.07, 6.45) is 0.201. The third kappa shape index (κ3) is 4.56. The monoisotopic (exact) mass is 384 g/mol. The van der Waals surface area contributed by atoms with Crippen molar-refractivity contribution in [3.63, 3.8) is 0 Å². The van der Waals surface area contributed by atoms with E-state index < -0.39 is 11.0 Å². The van der Waals surface area contributed by atoms with Gasteiger partial charge in [0.1, 0.15) is 5.75 Å². The van der Waals surface area contributed by atoms with Gasteiger partial charge in [0, 0.05) is 31.6 Å². The highest BCUT2D eigenvalue weighted by atomic mass is 16.6. The number of benzene rings is 2. The number of nitrogens with one attached hydrogen (secondary N) is 2. The van der Waals surface area contributed by atoms with Gasteiger partial charge < -0.3 is 20.3 Å². The molecule has 0 aliphatic carbocycles. The lowest BCUT2D eigenvalue weighted by molar-refractivity contribution is -0.384. The van der Waals surface area contributed by atoms with Crippen LogP contribution in [-0.4, -0.2) is 41.5 Å². The van der Waals surface area contributed by atoms with Crippen LogP contribution in [0.5, 0.6) is 5.75 Å². The van der Waals surface area contributed by atoms with Crippen molar-refractivity contribution in [3.05, 3.63) is 64.2 Å². The van der Waals surface area contributed by atoms with Crippen molar-refractivity contribution in [2.24, 2.45) is 0 Å². The fourth-order valence-electron chi connectivity index (χ4n) is 3.08. The van der Waals surface area contributed by atoms with Crippen molar-refractivity contribution in [2.45, 2.75) is 19.0 Å². The quantitative estimate of drug-likeness (QED) is 0.587. The smallest absolute Gasteiger partial charge is 0.319 e. The van der Waals surface area contributed by atoms with Gasteiger partial charge in [-0.15, -0.1) is 0 Å². The van der Waals surface area contributed by atoms with Crippen molar-refractivity contribution in [3.8, 4) is 5.75 Å². The van der Waals surface area contributed by atoms with Crippen molar-refractivity contribution in [1.29, 1.82) is 0 Å². The normalized spacial score (nSPS) is 16.0. The number of urea groups is 1. The van der Waals surface area contributed by atoms with E-state index >= 15 is 0 Å². The molecule has 3 rings (SSSR count). The molecule has 1 atom stereocenters. The van der Waals surface area contributed by atoms with Crippen LogP contribution in [0.1, 0.15) is 12.0 Å². The van der Waals surface area contributed by atoms with Crippen LogP contribution in [0.3, 0.4) is 0 Å². The van der Waals surface area contributed by atoms with Crippen LogP contribution in [-0.2, 0) is 11.3 Å². The molecule has 0 spiro atoms. The number of amides is 3. The van der Waals surface area contributed by atoms with E-state index in [-0.39, 0.29) is 29.7 Å².